The minimum absolute atomic E-state index is 0.0703. The van der Waals surface area contributed by atoms with E-state index in [1.807, 2.05) is 43.3 Å². The molecule has 4 heteroatoms. The fourth-order valence-electron chi connectivity index (χ4n) is 2.00. The SMILES string of the molecule is C/C(=N\NC(=O)c1ccc(C(C)(C)C)cc1)c1ccc(C)o1. The zero-order valence-electron chi connectivity index (χ0n) is 13.7. The van der Waals surface area contributed by atoms with Gasteiger partial charge in [0.05, 0.1) is 0 Å². The van der Waals surface area contributed by atoms with Gasteiger partial charge in [-0.1, -0.05) is 32.9 Å². The molecule has 1 aromatic heterocycles. The lowest BCUT2D eigenvalue weighted by molar-refractivity contribution is 0.0954. The normalized spacial score (nSPS) is 12.3. The summed E-state index contributed by atoms with van der Waals surface area (Å²) in [4.78, 5) is 12.1. The van der Waals surface area contributed by atoms with Crippen LogP contribution in [0.1, 0.15) is 55.1 Å². The maximum absolute atomic E-state index is 12.1. The maximum atomic E-state index is 12.1. The fraction of sp³-hybridized carbons (Fsp3) is 0.333. The van der Waals surface area contributed by atoms with E-state index in [-0.39, 0.29) is 11.3 Å². The molecule has 22 heavy (non-hydrogen) atoms. The van der Waals surface area contributed by atoms with Crippen LogP contribution in [0.5, 0.6) is 0 Å². The van der Waals surface area contributed by atoms with Crippen LogP contribution in [-0.4, -0.2) is 11.6 Å². The Kier molecular flexibility index (Phi) is 4.50. The number of nitrogens with zero attached hydrogens (tertiary/aromatic N) is 1. The first-order valence-corrected chi connectivity index (χ1v) is 7.29. The largest absolute Gasteiger partial charge is 0.460 e. The van der Waals surface area contributed by atoms with E-state index in [0.717, 1.165) is 5.76 Å². The third-order valence-corrected chi connectivity index (χ3v) is 3.44. The molecule has 0 aliphatic carbocycles. The summed E-state index contributed by atoms with van der Waals surface area (Å²) in [5.41, 5.74) is 5.03. The molecule has 1 heterocycles. The molecule has 0 fully saturated rings. The molecule has 0 bridgehead atoms. The number of nitrogens with one attached hydrogen (secondary N) is 1. The van der Waals surface area contributed by atoms with Crippen LogP contribution < -0.4 is 5.43 Å². The predicted molar refractivity (Wildman–Crippen MR) is 88.3 cm³/mol. The smallest absolute Gasteiger partial charge is 0.271 e. The van der Waals surface area contributed by atoms with Crippen LogP contribution in [0.2, 0.25) is 0 Å². The zero-order valence-corrected chi connectivity index (χ0v) is 13.7. The maximum Gasteiger partial charge on any atom is 0.271 e. The highest BCUT2D eigenvalue weighted by atomic mass is 16.3. The fourth-order valence-corrected chi connectivity index (χ4v) is 2.00. The molecule has 0 saturated carbocycles. The van der Waals surface area contributed by atoms with Gasteiger partial charge in [0.2, 0.25) is 0 Å². The quantitative estimate of drug-likeness (QED) is 0.687. The van der Waals surface area contributed by atoms with Crippen molar-refractivity contribution < 1.29 is 9.21 Å². The van der Waals surface area contributed by atoms with Gasteiger partial charge in [-0.2, -0.15) is 5.10 Å². The van der Waals surface area contributed by atoms with E-state index in [0.29, 0.717) is 17.0 Å². The molecule has 0 radical (unpaired) electrons. The average molecular weight is 298 g/mol. The van der Waals surface area contributed by atoms with Crippen molar-refractivity contribution in [3.63, 3.8) is 0 Å². The molecule has 1 N–H and O–H groups in total. The molecule has 4 nitrogen and oxygen atoms in total. The number of hydrogen-bond acceptors (Lipinski definition) is 3. The monoisotopic (exact) mass is 298 g/mol. The predicted octanol–water partition coefficient (Wildman–Crippen LogP) is 4.04. The Hall–Kier alpha value is -2.36. The third-order valence-electron chi connectivity index (χ3n) is 3.44. The lowest BCUT2D eigenvalue weighted by Crippen LogP contribution is -2.19. The van der Waals surface area contributed by atoms with Crippen molar-refractivity contribution in [3.8, 4) is 0 Å². The number of rotatable bonds is 3. The van der Waals surface area contributed by atoms with Crippen molar-refractivity contribution in [3.05, 3.63) is 59.0 Å². The van der Waals surface area contributed by atoms with E-state index in [9.17, 15) is 4.79 Å². The molecule has 1 amide bonds. The molecule has 0 saturated heterocycles. The van der Waals surface area contributed by atoms with Crippen LogP contribution >= 0.6 is 0 Å². The zero-order chi connectivity index (χ0) is 16.3. The van der Waals surface area contributed by atoms with Crippen LogP contribution in [-0.2, 0) is 5.41 Å². The van der Waals surface area contributed by atoms with Gasteiger partial charge in [-0.25, -0.2) is 5.43 Å². The van der Waals surface area contributed by atoms with Gasteiger partial charge in [0.25, 0.3) is 5.91 Å². The van der Waals surface area contributed by atoms with Crippen LogP contribution in [0, 0.1) is 6.92 Å². The van der Waals surface area contributed by atoms with E-state index in [2.05, 4.69) is 31.3 Å². The van der Waals surface area contributed by atoms with Gasteiger partial charge < -0.3 is 4.42 Å². The van der Waals surface area contributed by atoms with E-state index < -0.39 is 0 Å². The third kappa shape index (κ3) is 3.85. The number of furan rings is 1. The number of benzene rings is 1. The average Bonchev–Trinajstić information content (AvgIpc) is 2.90. The molecular formula is C18H22N2O2. The van der Waals surface area contributed by atoms with E-state index >= 15 is 0 Å². The van der Waals surface area contributed by atoms with Gasteiger partial charge in [0.1, 0.15) is 17.2 Å². The molecule has 0 spiro atoms. The highest BCUT2D eigenvalue weighted by Gasteiger charge is 2.14. The molecule has 2 aromatic rings. The van der Waals surface area contributed by atoms with Gasteiger partial charge in [0.15, 0.2) is 0 Å². The van der Waals surface area contributed by atoms with Gasteiger partial charge in [-0.3, -0.25) is 4.79 Å². The van der Waals surface area contributed by atoms with Crippen molar-refractivity contribution >= 4 is 11.6 Å². The molecule has 0 aliphatic heterocycles. The summed E-state index contributed by atoms with van der Waals surface area (Å²) < 4.78 is 5.45. The second kappa shape index (κ2) is 6.18. The van der Waals surface area contributed by atoms with Crippen molar-refractivity contribution in [2.75, 3.05) is 0 Å². The highest BCUT2D eigenvalue weighted by molar-refractivity contribution is 5.99. The number of aryl methyl sites for hydroxylation is 1. The molecule has 0 atom stereocenters. The highest BCUT2D eigenvalue weighted by Crippen LogP contribution is 2.22. The van der Waals surface area contributed by atoms with Gasteiger partial charge in [-0.05, 0) is 49.1 Å². The van der Waals surface area contributed by atoms with Crippen LogP contribution in [0.25, 0.3) is 0 Å². The lowest BCUT2D eigenvalue weighted by Gasteiger charge is -2.18. The topological polar surface area (TPSA) is 54.6 Å². The van der Waals surface area contributed by atoms with E-state index in [4.69, 9.17) is 4.42 Å². The first-order chi connectivity index (χ1) is 10.3. The van der Waals surface area contributed by atoms with Gasteiger partial charge in [0, 0.05) is 5.56 Å². The number of hydrazone groups is 1. The van der Waals surface area contributed by atoms with E-state index in [1.54, 1.807) is 6.92 Å². The Bertz CT molecular complexity index is 689. The Morgan fingerprint density at radius 3 is 2.23 bits per heavy atom. The van der Waals surface area contributed by atoms with Gasteiger partial charge in [-0.15, -0.1) is 0 Å². The summed E-state index contributed by atoms with van der Waals surface area (Å²) in [6.45, 7) is 10.1. The Morgan fingerprint density at radius 2 is 1.73 bits per heavy atom. The van der Waals surface area contributed by atoms with Gasteiger partial charge >= 0.3 is 0 Å². The molecule has 0 unspecified atom stereocenters. The number of carbonyl (C=O) groups is 1. The van der Waals surface area contributed by atoms with Crippen molar-refractivity contribution in [2.45, 2.75) is 40.0 Å². The van der Waals surface area contributed by atoms with Crippen molar-refractivity contribution in [1.29, 1.82) is 0 Å². The number of amides is 1. The minimum Gasteiger partial charge on any atom is -0.460 e. The molecule has 0 aliphatic rings. The molecular weight excluding hydrogens is 276 g/mol. The standard InChI is InChI=1S/C18H22N2O2/c1-12-6-11-16(22-12)13(2)19-20-17(21)14-7-9-15(10-8-14)18(3,4)5/h6-11H,1-5H3,(H,20,21)/b19-13+. The summed E-state index contributed by atoms with van der Waals surface area (Å²) in [5, 5.41) is 4.08. The molecule has 1 aromatic carbocycles. The van der Waals surface area contributed by atoms with Crippen molar-refractivity contribution in [2.24, 2.45) is 5.10 Å². The van der Waals surface area contributed by atoms with Crippen LogP contribution in [0.3, 0.4) is 0 Å². The Morgan fingerprint density at radius 1 is 1.09 bits per heavy atom. The van der Waals surface area contributed by atoms with Crippen LogP contribution in [0.15, 0.2) is 45.9 Å². The second-order valence-electron chi connectivity index (χ2n) is 6.38. The first-order valence-electron chi connectivity index (χ1n) is 7.29. The summed E-state index contributed by atoms with van der Waals surface area (Å²) in [6, 6.07) is 11.3. The lowest BCUT2D eigenvalue weighted by atomic mass is 9.87. The van der Waals surface area contributed by atoms with Crippen LogP contribution in [0.4, 0.5) is 0 Å². The molecule has 116 valence electrons. The van der Waals surface area contributed by atoms with E-state index in [1.165, 1.54) is 5.56 Å². The van der Waals surface area contributed by atoms with Crippen molar-refractivity contribution in [1.82, 2.24) is 5.43 Å². The summed E-state index contributed by atoms with van der Waals surface area (Å²) >= 11 is 0. The Balaban J connectivity index is 2.06. The number of hydrogen-bond donors (Lipinski definition) is 1. The Labute approximate surface area is 131 Å². The summed E-state index contributed by atoms with van der Waals surface area (Å²) in [6.07, 6.45) is 0. The first kappa shape index (κ1) is 16.0. The summed E-state index contributed by atoms with van der Waals surface area (Å²) in [5.74, 6) is 1.23. The second-order valence-corrected chi connectivity index (χ2v) is 6.38. The minimum atomic E-state index is -0.233. The summed E-state index contributed by atoms with van der Waals surface area (Å²) in [7, 11) is 0. The molecule has 2 rings (SSSR count). The number of carbonyl (C=O) groups excluding carboxylic acids is 1.